The number of rotatable bonds is 4. The van der Waals surface area contributed by atoms with Gasteiger partial charge in [0.25, 0.3) is 0 Å². The van der Waals surface area contributed by atoms with Crippen LogP contribution in [0, 0.1) is 0 Å². The highest BCUT2D eigenvalue weighted by atomic mass is 35.5. The Labute approximate surface area is 132 Å². The minimum atomic E-state index is -3.64. The Bertz CT molecular complexity index is 906. The van der Waals surface area contributed by atoms with Crippen molar-refractivity contribution in [1.29, 1.82) is 0 Å². The Morgan fingerprint density at radius 3 is 2.73 bits per heavy atom. The highest BCUT2D eigenvalue weighted by molar-refractivity contribution is 7.92. The molecule has 3 aromatic rings. The molecule has 0 aliphatic heterocycles. The van der Waals surface area contributed by atoms with Crippen molar-refractivity contribution < 1.29 is 12.9 Å². The van der Waals surface area contributed by atoms with Gasteiger partial charge in [0.15, 0.2) is 5.58 Å². The normalized spacial score (nSPS) is 11.7. The van der Waals surface area contributed by atoms with Gasteiger partial charge in [0.05, 0.1) is 5.02 Å². The van der Waals surface area contributed by atoms with E-state index in [2.05, 4.69) is 10.1 Å². The second-order valence-electron chi connectivity index (χ2n) is 4.68. The summed E-state index contributed by atoms with van der Waals surface area (Å²) in [6.07, 6.45) is 1.40. The number of hydrogen-bond acceptors (Lipinski definition) is 5. The molecule has 0 atom stereocenters. The van der Waals surface area contributed by atoms with Crippen LogP contribution in [0.5, 0.6) is 0 Å². The van der Waals surface area contributed by atoms with Gasteiger partial charge in [-0.15, -0.1) is 0 Å². The third kappa shape index (κ3) is 2.77. The number of anilines is 1. The van der Waals surface area contributed by atoms with Crippen molar-refractivity contribution in [3.8, 4) is 0 Å². The number of para-hydroxylation sites is 1. The first-order valence-electron chi connectivity index (χ1n) is 6.39. The molecule has 0 saturated heterocycles. The van der Waals surface area contributed by atoms with Gasteiger partial charge >= 0.3 is 0 Å². The summed E-state index contributed by atoms with van der Waals surface area (Å²) in [4.78, 5) is 4.01. The molecule has 6 nitrogen and oxygen atoms in total. The van der Waals surface area contributed by atoms with E-state index in [0.29, 0.717) is 21.7 Å². The minimum absolute atomic E-state index is 0.273. The molecule has 0 N–H and O–H groups in total. The van der Waals surface area contributed by atoms with E-state index in [-0.39, 0.29) is 11.6 Å². The number of pyridine rings is 1. The fourth-order valence-electron chi connectivity index (χ4n) is 2.01. The maximum absolute atomic E-state index is 12.5. The average molecular weight is 338 g/mol. The van der Waals surface area contributed by atoms with Crippen LogP contribution in [-0.2, 0) is 15.8 Å². The number of aromatic nitrogens is 2. The van der Waals surface area contributed by atoms with Crippen LogP contribution in [0.4, 0.5) is 5.82 Å². The van der Waals surface area contributed by atoms with Crippen LogP contribution in [0.3, 0.4) is 0 Å². The molecule has 3 rings (SSSR count). The van der Waals surface area contributed by atoms with E-state index in [1.807, 2.05) is 0 Å². The van der Waals surface area contributed by atoms with E-state index >= 15 is 0 Å². The molecule has 0 bridgehead atoms. The van der Waals surface area contributed by atoms with Gasteiger partial charge in [0, 0.05) is 18.6 Å². The van der Waals surface area contributed by atoms with E-state index in [1.54, 1.807) is 36.4 Å². The lowest BCUT2D eigenvalue weighted by molar-refractivity contribution is 0.448. The second-order valence-corrected chi connectivity index (χ2v) is 7.12. The predicted octanol–water partition coefficient (Wildman–Crippen LogP) is 2.84. The Morgan fingerprint density at radius 2 is 2.00 bits per heavy atom. The van der Waals surface area contributed by atoms with Crippen LogP contribution in [-0.4, -0.2) is 25.6 Å². The van der Waals surface area contributed by atoms with Crippen molar-refractivity contribution in [3.63, 3.8) is 0 Å². The van der Waals surface area contributed by atoms with Gasteiger partial charge in [-0.05, 0) is 24.3 Å². The number of fused-ring (bicyclic) bond motifs is 1. The zero-order chi connectivity index (χ0) is 15.7. The molecule has 2 heterocycles. The van der Waals surface area contributed by atoms with Crippen LogP contribution in [0.15, 0.2) is 47.1 Å². The summed E-state index contributed by atoms with van der Waals surface area (Å²) in [5.74, 6) is 0.0161. The molecule has 0 unspecified atom stereocenters. The Morgan fingerprint density at radius 1 is 1.23 bits per heavy atom. The molecular weight excluding hydrogens is 326 g/mol. The molecule has 0 spiro atoms. The molecule has 114 valence electrons. The van der Waals surface area contributed by atoms with Gasteiger partial charge in [0.1, 0.15) is 17.3 Å². The van der Waals surface area contributed by atoms with E-state index in [0.717, 1.165) is 4.31 Å². The van der Waals surface area contributed by atoms with E-state index in [1.165, 1.54) is 13.2 Å². The number of sulfonamides is 1. The van der Waals surface area contributed by atoms with Gasteiger partial charge in [-0.1, -0.05) is 28.9 Å². The monoisotopic (exact) mass is 337 g/mol. The van der Waals surface area contributed by atoms with Crippen molar-refractivity contribution in [2.45, 2.75) is 5.75 Å². The zero-order valence-corrected chi connectivity index (χ0v) is 13.2. The topological polar surface area (TPSA) is 76.3 Å². The largest absolute Gasteiger partial charge is 0.356 e. The SMILES string of the molecule is CN(c1ccc(Cl)cn1)S(=O)(=O)Cc1noc2ccccc12. The lowest BCUT2D eigenvalue weighted by Gasteiger charge is -2.17. The van der Waals surface area contributed by atoms with Gasteiger partial charge < -0.3 is 4.52 Å². The van der Waals surface area contributed by atoms with E-state index in [4.69, 9.17) is 16.1 Å². The number of halogens is 1. The third-order valence-corrected chi connectivity index (χ3v) is 5.11. The van der Waals surface area contributed by atoms with E-state index < -0.39 is 10.0 Å². The highest BCUT2D eigenvalue weighted by Gasteiger charge is 2.23. The molecule has 0 aliphatic rings. The molecule has 2 aromatic heterocycles. The zero-order valence-electron chi connectivity index (χ0n) is 11.6. The van der Waals surface area contributed by atoms with Crippen LogP contribution in [0.25, 0.3) is 11.0 Å². The van der Waals surface area contributed by atoms with Crippen LogP contribution in [0.1, 0.15) is 5.69 Å². The number of benzene rings is 1. The van der Waals surface area contributed by atoms with E-state index in [9.17, 15) is 8.42 Å². The average Bonchev–Trinajstić information content (AvgIpc) is 2.90. The van der Waals surface area contributed by atoms with Gasteiger partial charge in [-0.3, -0.25) is 4.31 Å². The summed E-state index contributed by atoms with van der Waals surface area (Å²) >= 11 is 5.76. The Kier molecular flexibility index (Phi) is 3.76. The predicted molar refractivity (Wildman–Crippen MR) is 84.3 cm³/mol. The first-order chi connectivity index (χ1) is 10.5. The van der Waals surface area contributed by atoms with Gasteiger partial charge in [-0.25, -0.2) is 13.4 Å². The lowest BCUT2D eigenvalue weighted by Crippen LogP contribution is -2.28. The molecule has 0 amide bonds. The van der Waals surface area contributed by atoms with Crippen molar-refractivity contribution in [3.05, 3.63) is 53.3 Å². The first kappa shape index (κ1) is 14.8. The number of nitrogens with zero attached hydrogens (tertiary/aromatic N) is 3. The molecule has 1 aromatic carbocycles. The Hall–Kier alpha value is -2.12. The molecular formula is C14H12ClN3O3S. The number of hydrogen-bond donors (Lipinski definition) is 0. The summed E-state index contributed by atoms with van der Waals surface area (Å²) < 4.78 is 31.2. The Balaban J connectivity index is 1.91. The maximum atomic E-state index is 12.5. The first-order valence-corrected chi connectivity index (χ1v) is 8.37. The third-order valence-electron chi connectivity index (χ3n) is 3.22. The maximum Gasteiger partial charge on any atom is 0.241 e. The van der Waals surface area contributed by atoms with Crippen molar-refractivity contribution in [2.24, 2.45) is 0 Å². The summed E-state index contributed by atoms with van der Waals surface area (Å²) in [6, 6.07) is 10.2. The van der Waals surface area contributed by atoms with Crippen LogP contribution >= 0.6 is 11.6 Å². The molecule has 0 saturated carbocycles. The summed E-state index contributed by atoms with van der Waals surface area (Å²) in [5.41, 5.74) is 0.927. The summed E-state index contributed by atoms with van der Waals surface area (Å²) in [6.45, 7) is 0. The van der Waals surface area contributed by atoms with Gasteiger partial charge in [-0.2, -0.15) is 0 Å². The fourth-order valence-corrected chi connectivity index (χ4v) is 3.26. The quantitative estimate of drug-likeness (QED) is 0.731. The minimum Gasteiger partial charge on any atom is -0.356 e. The van der Waals surface area contributed by atoms with Crippen LogP contribution in [0.2, 0.25) is 5.02 Å². The summed E-state index contributed by atoms with van der Waals surface area (Å²) in [7, 11) is -2.20. The van der Waals surface area contributed by atoms with Crippen molar-refractivity contribution >= 4 is 38.4 Å². The second kappa shape index (κ2) is 5.58. The van der Waals surface area contributed by atoms with Crippen molar-refractivity contribution in [1.82, 2.24) is 10.1 Å². The molecule has 0 radical (unpaired) electrons. The van der Waals surface area contributed by atoms with Crippen LogP contribution < -0.4 is 4.31 Å². The smallest absolute Gasteiger partial charge is 0.241 e. The fraction of sp³-hybridized carbons (Fsp3) is 0.143. The van der Waals surface area contributed by atoms with Gasteiger partial charge in [0.2, 0.25) is 10.0 Å². The molecule has 22 heavy (non-hydrogen) atoms. The molecule has 8 heteroatoms. The standard InChI is InChI=1S/C14H12ClN3O3S/c1-18(14-7-6-10(15)8-16-14)22(19,20)9-12-11-4-2-3-5-13(11)21-17-12/h2-8H,9H2,1H3. The van der Waals surface area contributed by atoms with Crippen molar-refractivity contribution in [2.75, 3.05) is 11.4 Å². The molecule has 0 fully saturated rings. The lowest BCUT2D eigenvalue weighted by atomic mass is 10.2. The molecule has 0 aliphatic carbocycles. The highest BCUT2D eigenvalue weighted by Crippen LogP contribution is 2.23. The summed E-state index contributed by atoms with van der Waals surface area (Å²) in [5, 5.41) is 4.97.